The second-order valence-electron chi connectivity index (χ2n) is 8.94. The summed E-state index contributed by atoms with van der Waals surface area (Å²) in [7, 11) is -3.64. The zero-order valence-corrected chi connectivity index (χ0v) is 17.5. The van der Waals surface area contributed by atoms with Gasteiger partial charge >= 0.3 is 0 Å². The van der Waals surface area contributed by atoms with Crippen molar-refractivity contribution in [3.05, 3.63) is 35.9 Å². The van der Waals surface area contributed by atoms with Gasteiger partial charge in [0.2, 0.25) is 15.9 Å². The molecule has 1 aromatic rings. The zero-order chi connectivity index (χ0) is 19.9. The summed E-state index contributed by atoms with van der Waals surface area (Å²) in [5.41, 5.74) is 1.03. The number of hydrogen-bond acceptors (Lipinski definition) is 3. The number of rotatable bonds is 5. The number of sulfonamides is 1. The molecule has 1 saturated carbocycles. The second kappa shape index (κ2) is 6.82. The molecule has 0 spiro atoms. The van der Waals surface area contributed by atoms with Gasteiger partial charge in [-0.2, -0.15) is 0 Å². The van der Waals surface area contributed by atoms with Gasteiger partial charge in [0.25, 0.3) is 0 Å². The lowest BCUT2D eigenvalue weighted by atomic mass is 10.1. The largest absolute Gasteiger partial charge is 0.326 e. The van der Waals surface area contributed by atoms with E-state index in [0.29, 0.717) is 5.69 Å². The lowest BCUT2D eigenvalue weighted by molar-refractivity contribution is -0.118. The van der Waals surface area contributed by atoms with Crippen LogP contribution in [0.15, 0.2) is 40.8 Å². The number of benzene rings is 1. The molecule has 2 N–H and O–H groups in total. The molecule has 5 nitrogen and oxygen atoms in total. The molecular weight excluding hydrogens is 348 g/mol. The first kappa shape index (κ1) is 20.6. The molecule has 1 fully saturated rings. The molecule has 1 aromatic carbocycles. The average molecular weight is 379 g/mol. The Labute approximate surface area is 157 Å². The van der Waals surface area contributed by atoms with Crippen molar-refractivity contribution in [1.82, 2.24) is 4.72 Å². The molecule has 0 heterocycles. The lowest BCUT2D eigenvalue weighted by Crippen LogP contribution is -2.40. The fourth-order valence-electron chi connectivity index (χ4n) is 3.27. The van der Waals surface area contributed by atoms with Gasteiger partial charge in [-0.25, -0.2) is 13.1 Å². The second-order valence-corrected chi connectivity index (χ2v) is 10.6. The third-order valence-corrected chi connectivity index (χ3v) is 6.31. The Morgan fingerprint density at radius 3 is 2.35 bits per heavy atom. The topological polar surface area (TPSA) is 75.3 Å². The highest BCUT2D eigenvalue weighted by Gasteiger charge is 2.60. The summed E-state index contributed by atoms with van der Waals surface area (Å²) < 4.78 is 27.6. The predicted molar refractivity (Wildman–Crippen MR) is 105 cm³/mol. The van der Waals surface area contributed by atoms with E-state index in [-0.39, 0.29) is 28.1 Å². The minimum Gasteiger partial charge on any atom is -0.326 e. The molecule has 1 aliphatic rings. The van der Waals surface area contributed by atoms with Gasteiger partial charge < -0.3 is 5.32 Å². The number of hydrogen-bond donors (Lipinski definition) is 2. The van der Waals surface area contributed by atoms with Crippen molar-refractivity contribution < 1.29 is 13.2 Å². The van der Waals surface area contributed by atoms with Gasteiger partial charge in [-0.15, -0.1) is 0 Å². The number of anilines is 1. The molecule has 144 valence electrons. The summed E-state index contributed by atoms with van der Waals surface area (Å²) in [6.07, 6.45) is 2.14. The molecule has 2 atom stereocenters. The Balaban J connectivity index is 2.17. The van der Waals surface area contributed by atoms with Crippen LogP contribution in [0.25, 0.3) is 0 Å². The summed E-state index contributed by atoms with van der Waals surface area (Å²) in [5.74, 6) is 0.0307. The standard InChI is InChI=1S/C20H30N2O3S/c1-13(2)11-16-17(20(16,6)7)18(23)21-14-9-8-10-15(12-14)26(24,25)22-19(3,4)5/h8-12,16-17,22H,1-7H3,(H,21,23). The smallest absolute Gasteiger partial charge is 0.241 e. The van der Waals surface area contributed by atoms with Gasteiger partial charge in [-0.3, -0.25) is 4.79 Å². The van der Waals surface area contributed by atoms with Gasteiger partial charge in [0.1, 0.15) is 0 Å². The molecule has 0 bridgehead atoms. The molecule has 1 aliphatic carbocycles. The molecular formula is C20H30N2O3S. The van der Waals surface area contributed by atoms with Crippen molar-refractivity contribution in [2.24, 2.45) is 17.3 Å². The van der Waals surface area contributed by atoms with Crippen molar-refractivity contribution in [3.8, 4) is 0 Å². The van der Waals surface area contributed by atoms with Crippen LogP contribution in [-0.4, -0.2) is 19.9 Å². The molecule has 0 aromatic heterocycles. The van der Waals surface area contributed by atoms with Gasteiger partial charge in [0.15, 0.2) is 0 Å². The highest BCUT2D eigenvalue weighted by Crippen LogP contribution is 2.59. The molecule has 1 amide bonds. The first-order valence-corrected chi connectivity index (χ1v) is 10.3. The van der Waals surface area contributed by atoms with Gasteiger partial charge in [0, 0.05) is 11.2 Å². The van der Waals surface area contributed by atoms with E-state index in [4.69, 9.17) is 0 Å². The third-order valence-electron chi connectivity index (χ3n) is 4.56. The SMILES string of the molecule is CC(C)=CC1C(C(=O)Nc2cccc(S(=O)(=O)NC(C)(C)C)c2)C1(C)C. The van der Waals surface area contributed by atoms with E-state index in [1.165, 1.54) is 17.7 Å². The van der Waals surface area contributed by atoms with Crippen LogP contribution < -0.4 is 10.0 Å². The van der Waals surface area contributed by atoms with E-state index in [1.807, 2.05) is 13.8 Å². The maximum Gasteiger partial charge on any atom is 0.241 e. The number of amides is 1. The summed E-state index contributed by atoms with van der Waals surface area (Å²) >= 11 is 0. The number of carbonyl (C=O) groups excluding carboxylic acids is 1. The minimum atomic E-state index is -3.64. The summed E-state index contributed by atoms with van der Waals surface area (Å²) in [4.78, 5) is 12.8. The summed E-state index contributed by atoms with van der Waals surface area (Å²) in [5, 5.41) is 2.88. The van der Waals surface area contributed by atoms with Crippen LogP contribution in [0.4, 0.5) is 5.69 Å². The Morgan fingerprint density at radius 1 is 1.19 bits per heavy atom. The maximum absolute atomic E-state index is 12.7. The Kier molecular flexibility index (Phi) is 5.41. The lowest BCUT2D eigenvalue weighted by Gasteiger charge is -2.20. The van der Waals surface area contributed by atoms with E-state index in [0.717, 1.165) is 0 Å². The van der Waals surface area contributed by atoms with E-state index in [1.54, 1.807) is 32.9 Å². The Bertz CT molecular complexity index is 829. The first-order chi connectivity index (χ1) is 11.7. The van der Waals surface area contributed by atoms with Crippen molar-refractivity contribution in [1.29, 1.82) is 0 Å². The molecule has 0 saturated heterocycles. The number of nitrogens with one attached hydrogen (secondary N) is 2. The molecule has 2 unspecified atom stereocenters. The van der Waals surface area contributed by atoms with Crippen LogP contribution in [0.3, 0.4) is 0 Å². The molecule has 26 heavy (non-hydrogen) atoms. The monoisotopic (exact) mass is 378 g/mol. The molecule has 6 heteroatoms. The van der Waals surface area contributed by atoms with Crippen LogP contribution in [0, 0.1) is 17.3 Å². The Morgan fingerprint density at radius 2 is 1.81 bits per heavy atom. The molecule has 0 radical (unpaired) electrons. The maximum atomic E-state index is 12.7. The van der Waals surface area contributed by atoms with Crippen molar-refractivity contribution in [2.45, 2.75) is 58.9 Å². The quantitative estimate of drug-likeness (QED) is 0.762. The minimum absolute atomic E-state index is 0.0733. The predicted octanol–water partition coefficient (Wildman–Crippen LogP) is 3.94. The Hall–Kier alpha value is -1.66. The van der Waals surface area contributed by atoms with Crippen LogP contribution in [0.1, 0.15) is 48.5 Å². The van der Waals surface area contributed by atoms with Gasteiger partial charge in [0.05, 0.1) is 10.8 Å². The van der Waals surface area contributed by atoms with Crippen LogP contribution in [0.2, 0.25) is 0 Å². The van der Waals surface area contributed by atoms with Crippen molar-refractivity contribution >= 4 is 21.6 Å². The summed E-state index contributed by atoms with van der Waals surface area (Å²) in [6.45, 7) is 13.6. The van der Waals surface area contributed by atoms with Crippen molar-refractivity contribution in [3.63, 3.8) is 0 Å². The van der Waals surface area contributed by atoms with Gasteiger partial charge in [-0.1, -0.05) is 31.6 Å². The number of allylic oxidation sites excluding steroid dienone is 2. The normalized spacial score (nSPS) is 21.8. The zero-order valence-electron chi connectivity index (χ0n) is 16.7. The van der Waals surface area contributed by atoms with E-state index >= 15 is 0 Å². The highest BCUT2D eigenvalue weighted by molar-refractivity contribution is 7.89. The third kappa shape index (κ3) is 4.74. The van der Waals surface area contributed by atoms with E-state index in [2.05, 4.69) is 30.0 Å². The van der Waals surface area contributed by atoms with Crippen molar-refractivity contribution in [2.75, 3.05) is 5.32 Å². The van der Waals surface area contributed by atoms with E-state index in [9.17, 15) is 13.2 Å². The van der Waals surface area contributed by atoms with Gasteiger partial charge in [-0.05, 0) is 64.2 Å². The average Bonchev–Trinajstić information content (AvgIpc) is 2.96. The fourth-order valence-corrected chi connectivity index (χ4v) is 4.74. The summed E-state index contributed by atoms with van der Waals surface area (Å²) in [6, 6.07) is 6.37. The fraction of sp³-hybridized carbons (Fsp3) is 0.550. The highest BCUT2D eigenvalue weighted by atomic mass is 32.2. The molecule has 0 aliphatic heterocycles. The van der Waals surface area contributed by atoms with E-state index < -0.39 is 15.6 Å². The first-order valence-electron chi connectivity index (χ1n) is 8.84. The van der Waals surface area contributed by atoms with Crippen LogP contribution >= 0.6 is 0 Å². The van der Waals surface area contributed by atoms with Crippen LogP contribution in [0.5, 0.6) is 0 Å². The van der Waals surface area contributed by atoms with Crippen LogP contribution in [-0.2, 0) is 14.8 Å². The molecule has 2 rings (SSSR count). The number of carbonyl (C=O) groups is 1.